The number of ether oxygens (including phenoxy) is 1. The summed E-state index contributed by atoms with van der Waals surface area (Å²) in [5.74, 6) is -2.81. The second-order valence-electron chi connectivity index (χ2n) is 5.24. The summed E-state index contributed by atoms with van der Waals surface area (Å²) in [6.45, 7) is 0.305. The molecule has 0 bridgehead atoms. The Morgan fingerprint density at radius 1 is 1.22 bits per heavy atom. The van der Waals surface area contributed by atoms with Gasteiger partial charge in [0.1, 0.15) is 12.7 Å². The molecule has 0 amide bonds. The number of piperidine rings is 1. The van der Waals surface area contributed by atoms with Crippen molar-refractivity contribution < 1.29 is 18.3 Å². The quantitative estimate of drug-likeness (QED) is 0.800. The molecule has 122 valence electrons. The van der Waals surface area contributed by atoms with Gasteiger partial charge < -0.3 is 9.64 Å². The predicted molar refractivity (Wildman–Crippen MR) is 76.9 cm³/mol. The highest BCUT2D eigenvalue weighted by Crippen LogP contribution is 2.32. The van der Waals surface area contributed by atoms with Crippen LogP contribution in [0.1, 0.15) is 23.3 Å². The Morgan fingerprint density at radius 3 is 2.48 bits per heavy atom. The number of halogens is 2. The number of nitrogens with zero attached hydrogens (tertiary/aromatic N) is 5. The zero-order valence-corrected chi connectivity index (χ0v) is 12.4. The van der Waals surface area contributed by atoms with Crippen molar-refractivity contribution in [2.45, 2.75) is 18.8 Å². The van der Waals surface area contributed by atoms with Crippen LogP contribution >= 0.6 is 0 Å². The number of anilines is 1. The Morgan fingerprint density at radius 2 is 1.87 bits per heavy atom. The molecule has 3 heterocycles. The van der Waals surface area contributed by atoms with Crippen LogP contribution in [0.4, 0.5) is 14.6 Å². The van der Waals surface area contributed by atoms with Gasteiger partial charge in [-0.1, -0.05) is 0 Å². The van der Waals surface area contributed by atoms with Gasteiger partial charge in [-0.2, -0.15) is 0 Å². The third-order valence-electron chi connectivity index (χ3n) is 3.74. The molecule has 0 unspecified atom stereocenters. The number of rotatable bonds is 3. The SMILES string of the molecule is COC(=O)c1ccc(-n2cnnc2)c(N2CCC(F)(F)CC2)n1. The smallest absolute Gasteiger partial charge is 0.356 e. The fourth-order valence-electron chi connectivity index (χ4n) is 2.46. The van der Waals surface area contributed by atoms with Crippen LogP contribution in [0, 0.1) is 0 Å². The first-order valence-electron chi connectivity index (χ1n) is 7.07. The summed E-state index contributed by atoms with van der Waals surface area (Å²) in [5.41, 5.74) is 0.740. The van der Waals surface area contributed by atoms with E-state index in [1.807, 2.05) is 0 Å². The minimum atomic E-state index is -2.66. The molecule has 1 aliphatic heterocycles. The van der Waals surface area contributed by atoms with Crippen LogP contribution in [0.5, 0.6) is 0 Å². The second kappa shape index (κ2) is 5.90. The second-order valence-corrected chi connectivity index (χ2v) is 5.24. The first kappa shape index (κ1) is 15.3. The molecule has 1 fully saturated rings. The van der Waals surface area contributed by atoms with Crippen molar-refractivity contribution in [1.82, 2.24) is 19.7 Å². The van der Waals surface area contributed by atoms with Crippen LogP contribution in [-0.4, -0.2) is 51.8 Å². The molecule has 9 heteroatoms. The number of alkyl halides is 2. The zero-order valence-electron chi connectivity index (χ0n) is 12.4. The fraction of sp³-hybridized carbons (Fsp3) is 0.429. The van der Waals surface area contributed by atoms with Gasteiger partial charge in [0.15, 0.2) is 11.5 Å². The van der Waals surface area contributed by atoms with Gasteiger partial charge in [-0.15, -0.1) is 10.2 Å². The van der Waals surface area contributed by atoms with Gasteiger partial charge in [0.25, 0.3) is 5.92 Å². The van der Waals surface area contributed by atoms with Crippen LogP contribution in [0.2, 0.25) is 0 Å². The van der Waals surface area contributed by atoms with Crippen LogP contribution < -0.4 is 4.90 Å². The lowest BCUT2D eigenvalue weighted by Gasteiger charge is -2.33. The molecule has 0 aliphatic carbocycles. The van der Waals surface area contributed by atoms with Crippen molar-refractivity contribution >= 4 is 11.8 Å². The van der Waals surface area contributed by atoms with Crippen LogP contribution in [0.15, 0.2) is 24.8 Å². The highest BCUT2D eigenvalue weighted by molar-refractivity contribution is 5.88. The molecule has 3 rings (SSSR count). The number of hydrogen-bond acceptors (Lipinski definition) is 6. The Labute approximate surface area is 130 Å². The molecular weight excluding hydrogens is 308 g/mol. The van der Waals surface area contributed by atoms with Crippen LogP contribution in [-0.2, 0) is 4.74 Å². The number of pyridine rings is 1. The minimum Gasteiger partial charge on any atom is -0.464 e. The van der Waals surface area contributed by atoms with Gasteiger partial charge in [0.05, 0.1) is 12.8 Å². The van der Waals surface area contributed by atoms with Gasteiger partial charge >= 0.3 is 5.97 Å². The maximum Gasteiger partial charge on any atom is 0.356 e. The molecular formula is C14H15F2N5O2. The molecule has 0 saturated carbocycles. The molecule has 1 aliphatic rings. The van der Waals surface area contributed by atoms with Gasteiger partial charge in [-0.05, 0) is 12.1 Å². The van der Waals surface area contributed by atoms with E-state index in [-0.39, 0.29) is 31.6 Å². The monoisotopic (exact) mass is 323 g/mol. The van der Waals surface area contributed by atoms with Crippen molar-refractivity contribution in [3.05, 3.63) is 30.5 Å². The highest BCUT2D eigenvalue weighted by Gasteiger charge is 2.35. The van der Waals surface area contributed by atoms with E-state index in [0.717, 1.165) is 0 Å². The minimum absolute atomic E-state index is 0.122. The van der Waals surface area contributed by atoms with E-state index in [1.54, 1.807) is 15.5 Å². The molecule has 2 aromatic rings. The lowest BCUT2D eigenvalue weighted by atomic mass is 10.1. The summed E-state index contributed by atoms with van der Waals surface area (Å²) in [4.78, 5) is 17.7. The van der Waals surface area contributed by atoms with E-state index in [4.69, 9.17) is 0 Å². The molecule has 23 heavy (non-hydrogen) atoms. The Balaban J connectivity index is 1.99. The average Bonchev–Trinajstić information content (AvgIpc) is 3.08. The summed E-state index contributed by atoms with van der Waals surface area (Å²) in [7, 11) is 1.26. The summed E-state index contributed by atoms with van der Waals surface area (Å²) < 4.78 is 33.1. The van der Waals surface area contributed by atoms with Gasteiger partial charge in [0, 0.05) is 25.9 Å². The van der Waals surface area contributed by atoms with Crippen LogP contribution in [0.25, 0.3) is 5.69 Å². The first-order valence-corrected chi connectivity index (χ1v) is 7.07. The summed E-state index contributed by atoms with van der Waals surface area (Å²) in [5, 5.41) is 7.47. The number of esters is 1. The maximum absolute atomic E-state index is 13.4. The zero-order chi connectivity index (χ0) is 16.4. The molecule has 0 N–H and O–H groups in total. The number of carbonyl (C=O) groups is 1. The molecule has 0 aromatic carbocycles. The number of hydrogen-bond donors (Lipinski definition) is 0. The van der Waals surface area contributed by atoms with Crippen molar-refractivity contribution in [3.8, 4) is 5.69 Å². The molecule has 0 atom stereocenters. The topological polar surface area (TPSA) is 73.1 Å². The van der Waals surface area contributed by atoms with Crippen LogP contribution in [0.3, 0.4) is 0 Å². The van der Waals surface area contributed by atoms with E-state index >= 15 is 0 Å². The van der Waals surface area contributed by atoms with Crippen molar-refractivity contribution in [3.63, 3.8) is 0 Å². The van der Waals surface area contributed by atoms with Crippen molar-refractivity contribution in [2.75, 3.05) is 25.1 Å². The Kier molecular flexibility index (Phi) is 3.93. The molecule has 0 spiro atoms. The Bertz CT molecular complexity index is 695. The predicted octanol–water partition coefficient (Wildman–Crippen LogP) is 1.68. The Hall–Kier alpha value is -2.58. The van der Waals surface area contributed by atoms with E-state index in [9.17, 15) is 13.6 Å². The standard InChI is InChI=1S/C14H15F2N5O2/c1-23-13(22)10-2-3-11(21-8-17-18-9-21)12(19-10)20-6-4-14(15,16)5-7-20/h2-3,8-9H,4-7H2,1H3. The van der Waals surface area contributed by atoms with E-state index < -0.39 is 11.9 Å². The van der Waals surface area contributed by atoms with E-state index in [1.165, 1.54) is 25.8 Å². The first-order chi connectivity index (χ1) is 11.0. The molecule has 2 aromatic heterocycles. The van der Waals surface area contributed by atoms with Gasteiger partial charge in [-0.25, -0.2) is 18.6 Å². The fourth-order valence-corrected chi connectivity index (χ4v) is 2.46. The van der Waals surface area contributed by atoms with Gasteiger partial charge in [0.2, 0.25) is 0 Å². The normalized spacial score (nSPS) is 17.1. The van der Waals surface area contributed by atoms with Gasteiger partial charge in [-0.3, -0.25) is 4.57 Å². The third-order valence-corrected chi connectivity index (χ3v) is 3.74. The summed E-state index contributed by atoms with van der Waals surface area (Å²) in [6.07, 6.45) is 2.46. The molecule has 0 radical (unpaired) electrons. The summed E-state index contributed by atoms with van der Waals surface area (Å²) in [6, 6.07) is 3.19. The lowest BCUT2D eigenvalue weighted by molar-refractivity contribution is -0.0221. The lowest BCUT2D eigenvalue weighted by Crippen LogP contribution is -2.40. The van der Waals surface area contributed by atoms with E-state index in [0.29, 0.717) is 11.5 Å². The largest absolute Gasteiger partial charge is 0.464 e. The van der Waals surface area contributed by atoms with Crippen molar-refractivity contribution in [1.29, 1.82) is 0 Å². The number of aromatic nitrogens is 4. The van der Waals surface area contributed by atoms with Crippen molar-refractivity contribution in [2.24, 2.45) is 0 Å². The molecule has 7 nitrogen and oxygen atoms in total. The molecule has 1 saturated heterocycles. The number of methoxy groups -OCH3 is 1. The number of carbonyl (C=O) groups excluding carboxylic acids is 1. The van der Waals surface area contributed by atoms with E-state index in [2.05, 4.69) is 19.9 Å². The summed E-state index contributed by atoms with van der Waals surface area (Å²) >= 11 is 0. The highest BCUT2D eigenvalue weighted by atomic mass is 19.3. The maximum atomic E-state index is 13.4. The average molecular weight is 323 g/mol. The third kappa shape index (κ3) is 3.13.